The number of ether oxygens (including phenoxy) is 1. The fraction of sp³-hybridized carbons (Fsp3) is 0.579. The topological polar surface area (TPSA) is 64.6 Å². The largest absolute Gasteiger partial charge is 0.543 e. The number of hydrogen-bond acceptors (Lipinski definition) is 4. The molecule has 0 heterocycles. The van der Waals surface area contributed by atoms with E-state index in [0.717, 1.165) is 11.3 Å². The standard InChI is InChI=1S/C19H29NO4Si/c1-13(21)20-19(17(22)23-5)12-16(19)14-9-8-10-15(11-14)24-25(6,7)18(2,3)4/h8-11,16H,12H2,1-7H3,(H,20,21)/t16-,19-/m1/s1. The lowest BCUT2D eigenvalue weighted by Crippen LogP contribution is -2.44. The van der Waals surface area contributed by atoms with Crippen LogP contribution in [0.3, 0.4) is 0 Å². The van der Waals surface area contributed by atoms with E-state index in [0.29, 0.717) is 6.42 Å². The fourth-order valence-corrected chi connectivity index (χ4v) is 3.84. The number of esters is 1. The Morgan fingerprint density at radius 3 is 2.44 bits per heavy atom. The summed E-state index contributed by atoms with van der Waals surface area (Å²) in [5.41, 5.74) is 0.0336. The van der Waals surface area contributed by atoms with Crippen molar-refractivity contribution < 1.29 is 18.8 Å². The van der Waals surface area contributed by atoms with E-state index in [1.165, 1.54) is 14.0 Å². The van der Waals surface area contributed by atoms with Crippen molar-refractivity contribution in [1.29, 1.82) is 0 Å². The molecule has 25 heavy (non-hydrogen) atoms. The third-order valence-electron chi connectivity index (χ3n) is 5.35. The quantitative estimate of drug-likeness (QED) is 0.641. The number of amides is 1. The fourth-order valence-electron chi connectivity index (χ4n) is 2.82. The minimum absolute atomic E-state index is 0.0909. The normalized spacial score (nSPS) is 22.9. The van der Waals surface area contributed by atoms with Gasteiger partial charge in [0.25, 0.3) is 0 Å². The summed E-state index contributed by atoms with van der Waals surface area (Å²) in [5, 5.41) is 2.88. The van der Waals surface area contributed by atoms with Gasteiger partial charge in [-0.2, -0.15) is 0 Å². The highest BCUT2D eigenvalue weighted by atomic mass is 28.4. The zero-order valence-corrected chi connectivity index (χ0v) is 17.2. The minimum Gasteiger partial charge on any atom is -0.543 e. The van der Waals surface area contributed by atoms with Gasteiger partial charge in [0, 0.05) is 12.8 Å². The summed E-state index contributed by atoms with van der Waals surface area (Å²) < 4.78 is 11.3. The van der Waals surface area contributed by atoms with Crippen molar-refractivity contribution in [2.75, 3.05) is 7.11 Å². The number of nitrogens with one attached hydrogen (secondary N) is 1. The van der Waals surface area contributed by atoms with Gasteiger partial charge < -0.3 is 14.5 Å². The first kappa shape index (κ1) is 19.5. The molecule has 2 atom stereocenters. The van der Waals surface area contributed by atoms with E-state index in [1.807, 2.05) is 24.3 Å². The highest BCUT2D eigenvalue weighted by molar-refractivity contribution is 6.74. The predicted molar refractivity (Wildman–Crippen MR) is 100 cm³/mol. The molecule has 1 aliphatic rings. The molecule has 138 valence electrons. The van der Waals surface area contributed by atoms with E-state index in [4.69, 9.17) is 9.16 Å². The molecule has 1 N–H and O–H groups in total. The molecule has 1 aliphatic carbocycles. The van der Waals surface area contributed by atoms with Gasteiger partial charge >= 0.3 is 5.97 Å². The lowest BCUT2D eigenvalue weighted by molar-refractivity contribution is -0.146. The molecule has 0 bridgehead atoms. The van der Waals surface area contributed by atoms with Crippen molar-refractivity contribution in [3.63, 3.8) is 0 Å². The van der Waals surface area contributed by atoms with Crippen LogP contribution in [0.25, 0.3) is 0 Å². The molecule has 1 aromatic rings. The van der Waals surface area contributed by atoms with Crippen LogP contribution in [0.5, 0.6) is 5.75 Å². The van der Waals surface area contributed by atoms with Gasteiger partial charge in [0.05, 0.1) is 7.11 Å². The molecule has 1 aromatic carbocycles. The van der Waals surface area contributed by atoms with Crippen LogP contribution in [0.4, 0.5) is 0 Å². The first-order chi connectivity index (χ1) is 11.4. The molecular weight excluding hydrogens is 334 g/mol. The van der Waals surface area contributed by atoms with Gasteiger partial charge in [-0.1, -0.05) is 32.9 Å². The minimum atomic E-state index is -1.93. The Morgan fingerprint density at radius 2 is 1.92 bits per heavy atom. The summed E-state index contributed by atoms with van der Waals surface area (Å²) in [6.07, 6.45) is 0.544. The Hall–Kier alpha value is -1.82. The van der Waals surface area contributed by atoms with Crippen LogP contribution in [0.1, 0.15) is 45.6 Å². The summed E-state index contributed by atoms with van der Waals surface area (Å²) in [6.45, 7) is 12.4. The monoisotopic (exact) mass is 363 g/mol. The Balaban J connectivity index is 2.25. The first-order valence-electron chi connectivity index (χ1n) is 8.59. The van der Waals surface area contributed by atoms with Gasteiger partial charge in [0.2, 0.25) is 14.2 Å². The summed E-state index contributed by atoms with van der Waals surface area (Å²) >= 11 is 0. The van der Waals surface area contributed by atoms with Crippen molar-refractivity contribution in [3.8, 4) is 5.75 Å². The maximum atomic E-state index is 12.2. The molecule has 0 aromatic heterocycles. The molecular formula is C19H29NO4Si. The number of carbonyl (C=O) groups is 2. The van der Waals surface area contributed by atoms with Crippen molar-refractivity contribution in [1.82, 2.24) is 5.32 Å². The average molecular weight is 364 g/mol. The molecule has 0 unspecified atom stereocenters. The van der Waals surface area contributed by atoms with E-state index in [1.54, 1.807) is 0 Å². The van der Waals surface area contributed by atoms with Gasteiger partial charge in [-0.05, 0) is 42.2 Å². The van der Waals surface area contributed by atoms with E-state index in [2.05, 4.69) is 39.2 Å². The van der Waals surface area contributed by atoms with Crippen molar-refractivity contribution in [2.24, 2.45) is 0 Å². The van der Waals surface area contributed by atoms with Gasteiger partial charge in [-0.25, -0.2) is 4.79 Å². The number of methoxy groups -OCH3 is 1. The molecule has 2 rings (SSSR count). The number of hydrogen-bond donors (Lipinski definition) is 1. The Labute approximate surface area is 151 Å². The Morgan fingerprint density at radius 1 is 1.28 bits per heavy atom. The van der Waals surface area contributed by atoms with Crippen molar-refractivity contribution in [3.05, 3.63) is 29.8 Å². The first-order valence-corrected chi connectivity index (χ1v) is 11.5. The smallest absolute Gasteiger partial charge is 0.332 e. The zero-order valence-electron chi connectivity index (χ0n) is 16.2. The Kier molecular flexibility index (Phi) is 5.05. The number of rotatable bonds is 5. The third-order valence-corrected chi connectivity index (χ3v) is 9.71. The Bertz CT molecular complexity index is 680. The van der Waals surface area contributed by atoms with E-state index >= 15 is 0 Å². The molecule has 0 spiro atoms. The van der Waals surface area contributed by atoms with Gasteiger partial charge in [-0.3, -0.25) is 4.79 Å². The average Bonchev–Trinajstić information content (AvgIpc) is 3.19. The summed E-state index contributed by atoms with van der Waals surface area (Å²) in [7, 11) is -0.589. The van der Waals surface area contributed by atoms with Crippen molar-refractivity contribution in [2.45, 2.75) is 63.7 Å². The lowest BCUT2D eigenvalue weighted by atomic mass is 10.1. The summed E-state index contributed by atoms with van der Waals surface area (Å²) in [4.78, 5) is 23.7. The molecule has 1 saturated carbocycles. The molecule has 6 heteroatoms. The highest BCUT2D eigenvalue weighted by Gasteiger charge is 2.62. The lowest BCUT2D eigenvalue weighted by Gasteiger charge is -2.36. The SMILES string of the molecule is COC(=O)[C@@]1(NC(C)=O)C[C@@H]1c1cccc(O[Si](C)(C)C(C)(C)C)c1. The van der Waals surface area contributed by atoms with Crippen LogP contribution >= 0.6 is 0 Å². The molecule has 1 amide bonds. The van der Waals surface area contributed by atoms with Gasteiger partial charge in [-0.15, -0.1) is 0 Å². The molecule has 5 nitrogen and oxygen atoms in total. The summed E-state index contributed by atoms with van der Waals surface area (Å²) in [6, 6.07) is 7.84. The second kappa shape index (κ2) is 6.48. The third kappa shape index (κ3) is 3.89. The maximum Gasteiger partial charge on any atom is 0.332 e. The number of carbonyl (C=O) groups excluding carboxylic acids is 2. The molecule has 1 fully saturated rings. The van der Waals surface area contributed by atoms with Crippen LogP contribution in [-0.2, 0) is 14.3 Å². The predicted octanol–water partition coefficient (Wildman–Crippen LogP) is 3.61. The second-order valence-corrected chi connectivity index (χ2v) is 13.1. The number of benzene rings is 1. The zero-order chi connectivity index (χ0) is 19.0. The van der Waals surface area contributed by atoms with E-state index < -0.39 is 19.8 Å². The highest BCUT2D eigenvalue weighted by Crippen LogP contribution is 2.53. The van der Waals surface area contributed by atoms with Crippen LogP contribution < -0.4 is 9.74 Å². The van der Waals surface area contributed by atoms with Crippen LogP contribution in [0.2, 0.25) is 18.1 Å². The molecule has 0 saturated heterocycles. The second-order valence-electron chi connectivity index (χ2n) is 8.34. The van der Waals surface area contributed by atoms with Gasteiger partial charge in [0.1, 0.15) is 11.3 Å². The van der Waals surface area contributed by atoms with Crippen LogP contribution in [0.15, 0.2) is 24.3 Å². The van der Waals surface area contributed by atoms with E-state index in [-0.39, 0.29) is 16.9 Å². The van der Waals surface area contributed by atoms with Crippen LogP contribution in [0, 0.1) is 0 Å². The van der Waals surface area contributed by atoms with Crippen LogP contribution in [-0.4, -0.2) is 32.8 Å². The maximum absolute atomic E-state index is 12.2. The molecule has 0 aliphatic heterocycles. The van der Waals surface area contributed by atoms with E-state index in [9.17, 15) is 9.59 Å². The van der Waals surface area contributed by atoms with Gasteiger partial charge in [0.15, 0.2) is 0 Å². The molecule has 0 radical (unpaired) electrons. The summed E-state index contributed by atoms with van der Waals surface area (Å²) in [5.74, 6) is 0.0920. The van der Waals surface area contributed by atoms with Crippen molar-refractivity contribution >= 4 is 20.2 Å².